The number of hydrogen-bond acceptors (Lipinski definition) is 7. The average Bonchev–Trinajstić information content (AvgIpc) is 3.29. The smallest absolute Gasteiger partial charge is 0.382 e. The average molecular weight is 604 g/mol. The lowest BCUT2D eigenvalue weighted by Gasteiger charge is -2.24. The first-order chi connectivity index (χ1) is 20.1. The number of nitrogens with zero attached hydrogens (tertiary/aromatic N) is 2. The minimum Gasteiger partial charge on any atom is -0.382 e. The summed E-state index contributed by atoms with van der Waals surface area (Å²) in [5.74, 6) is 5.66. The Balaban J connectivity index is 1.27. The molecule has 0 saturated carbocycles. The summed E-state index contributed by atoms with van der Waals surface area (Å²) in [6, 6.07) is 9.98. The molecule has 0 spiro atoms. The first kappa shape index (κ1) is 29.7. The van der Waals surface area contributed by atoms with E-state index in [1.807, 2.05) is 0 Å². The van der Waals surface area contributed by atoms with E-state index < -0.39 is 22.6 Å². The highest BCUT2D eigenvalue weighted by Gasteiger charge is 2.30. The van der Waals surface area contributed by atoms with Crippen molar-refractivity contribution < 1.29 is 31.1 Å². The standard InChI is InChI=1S/C29H32F3N5O4S/c30-29(31,32)19-37-23(17-24-25(4-1-5-27(24)37)35-21-10-15-42(39,40)16-11-21)3-2-12-33-22-6-7-26(34-18-22)28(38)36-20-8-13-41-14-9-20/h1,4-7,17-18,20-21,33,35H,8-16,19H2,(H,36,38). The quantitative estimate of drug-likeness (QED) is 0.351. The van der Waals surface area contributed by atoms with Crippen molar-refractivity contribution in [2.45, 2.75) is 50.5 Å². The number of alkyl halides is 3. The molecule has 9 nitrogen and oxygen atoms in total. The zero-order valence-corrected chi connectivity index (χ0v) is 23.7. The van der Waals surface area contributed by atoms with Crippen LogP contribution < -0.4 is 16.0 Å². The van der Waals surface area contributed by atoms with Gasteiger partial charge in [-0.3, -0.25) is 4.79 Å². The highest BCUT2D eigenvalue weighted by molar-refractivity contribution is 7.91. The van der Waals surface area contributed by atoms with Crippen molar-refractivity contribution in [3.63, 3.8) is 0 Å². The maximum Gasteiger partial charge on any atom is 0.406 e. The summed E-state index contributed by atoms with van der Waals surface area (Å²) in [4.78, 5) is 16.6. The molecule has 5 rings (SSSR count). The van der Waals surface area contributed by atoms with Crippen LogP contribution in [0.25, 0.3) is 10.9 Å². The number of anilines is 2. The highest BCUT2D eigenvalue weighted by Crippen LogP contribution is 2.31. The molecule has 2 aromatic heterocycles. The van der Waals surface area contributed by atoms with Crippen molar-refractivity contribution in [2.24, 2.45) is 0 Å². The lowest BCUT2D eigenvalue weighted by Crippen LogP contribution is -2.39. The lowest BCUT2D eigenvalue weighted by molar-refractivity contribution is -0.140. The zero-order chi connectivity index (χ0) is 29.7. The van der Waals surface area contributed by atoms with Gasteiger partial charge in [0.05, 0.1) is 41.1 Å². The Labute approximate surface area is 242 Å². The minimum absolute atomic E-state index is 0.0620. The van der Waals surface area contributed by atoms with E-state index in [-0.39, 0.29) is 47.4 Å². The van der Waals surface area contributed by atoms with Gasteiger partial charge < -0.3 is 25.3 Å². The summed E-state index contributed by atoms with van der Waals surface area (Å²) in [5, 5.41) is 9.93. The second-order valence-electron chi connectivity index (χ2n) is 10.5. The molecule has 2 aliphatic heterocycles. The minimum atomic E-state index is -4.45. The molecule has 3 N–H and O–H groups in total. The fraction of sp³-hybridized carbons (Fsp3) is 0.448. The number of nitrogens with one attached hydrogen (secondary N) is 3. The Bertz CT molecular complexity index is 1570. The van der Waals surface area contributed by atoms with Crippen LogP contribution in [0.3, 0.4) is 0 Å². The largest absolute Gasteiger partial charge is 0.406 e. The second-order valence-corrected chi connectivity index (χ2v) is 12.8. The van der Waals surface area contributed by atoms with Crippen LogP contribution in [0.2, 0.25) is 0 Å². The van der Waals surface area contributed by atoms with Gasteiger partial charge >= 0.3 is 6.18 Å². The third-order valence-corrected chi connectivity index (χ3v) is 9.06. The molecule has 4 heterocycles. The number of carbonyl (C=O) groups is 1. The number of amides is 1. The van der Waals surface area contributed by atoms with Crippen LogP contribution >= 0.6 is 0 Å². The topological polar surface area (TPSA) is 114 Å². The van der Waals surface area contributed by atoms with Crippen molar-refractivity contribution >= 4 is 38.0 Å². The third-order valence-electron chi connectivity index (χ3n) is 7.35. The van der Waals surface area contributed by atoms with Gasteiger partial charge in [-0.25, -0.2) is 13.4 Å². The molecule has 0 aliphatic carbocycles. The number of carbonyl (C=O) groups excluding carboxylic acids is 1. The molecule has 2 fully saturated rings. The summed E-state index contributed by atoms with van der Waals surface area (Å²) in [7, 11) is -3.04. The number of hydrogen-bond donors (Lipinski definition) is 3. The SMILES string of the molecule is O=C(NC1CCOCC1)c1ccc(NCC#Cc2cc3c(NC4CCS(=O)(=O)CC4)cccc3n2CC(F)(F)F)cn1. The fourth-order valence-electron chi connectivity index (χ4n) is 5.13. The molecule has 0 unspecified atom stereocenters. The number of pyridine rings is 1. The van der Waals surface area contributed by atoms with Crippen molar-refractivity contribution in [3.05, 3.63) is 54.0 Å². The van der Waals surface area contributed by atoms with E-state index in [1.54, 1.807) is 36.4 Å². The zero-order valence-electron chi connectivity index (χ0n) is 22.8. The van der Waals surface area contributed by atoms with Crippen LogP contribution in [0.1, 0.15) is 41.9 Å². The highest BCUT2D eigenvalue weighted by atomic mass is 32.2. The van der Waals surface area contributed by atoms with Crippen LogP contribution in [0.15, 0.2) is 42.6 Å². The summed E-state index contributed by atoms with van der Waals surface area (Å²) >= 11 is 0. The van der Waals surface area contributed by atoms with E-state index in [1.165, 1.54) is 6.20 Å². The Morgan fingerprint density at radius 1 is 1.07 bits per heavy atom. The summed E-state index contributed by atoms with van der Waals surface area (Å²) in [5.41, 5.74) is 2.14. The molecule has 42 heavy (non-hydrogen) atoms. The molecule has 2 aliphatic rings. The number of rotatable bonds is 7. The molecule has 1 aromatic carbocycles. The van der Waals surface area contributed by atoms with E-state index in [0.29, 0.717) is 48.3 Å². The van der Waals surface area contributed by atoms with Gasteiger partial charge in [0.2, 0.25) is 0 Å². The predicted molar refractivity (Wildman–Crippen MR) is 154 cm³/mol. The maximum atomic E-state index is 13.5. The molecule has 0 bridgehead atoms. The number of ether oxygens (including phenoxy) is 1. The van der Waals surface area contributed by atoms with Crippen molar-refractivity contribution in [2.75, 3.05) is 41.9 Å². The van der Waals surface area contributed by atoms with Crippen molar-refractivity contribution in [3.8, 4) is 11.8 Å². The van der Waals surface area contributed by atoms with Crippen LogP contribution in [0.4, 0.5) is 24.5 Å². The Morgan fingerprint density at radius 2 is 1.83 bits per heavy atom. The molecular formula is C29H32F3N5O4S. The van der Waals surface area contributed by atoms with Crippen molar-refractivity contribution in [1.29, 1.82) is 0 Å². The van der Waals surface area contributed by atoms with Crippen molar-refractivity contribution in [1.82, 2.24) is 14.9 Å². The van der Waals surface area contributed by atoms with Gasteiger partial charge in [0.15, 0.2) is 0 Å². The van der Waals surface area contributed by atoms with Crippen LogP contribution in [-0.2, 0) is 21.1 Å². The molecule has 2 saturated heterocycles. The second kappa shape index (κ2) is 12.6. The summed E-state index contributed by atoms with van der Waals surface area (Å²) < 4.78 is 70.5. The van der Waals surface area contributed by atoms with E-state index >= 15 is 0 Å². The molecule has 13 heteroatoms. The number of sulfone groups is 1. The number of benzene rings is 1. The molecular weight excluding hydrogens is 571 g/mol. The van der Waals surface area contributed by atoms with E-state index in [0.717, 1.165) is 17.4 Å². The predicted octanol–water partition coefficient (Wildman–Crippen LogP) is 3.96. The summed E-state index contributed by atoms with van der Waals surface area (Å²) in [6.45, 7) is 0.183. The molecule has 1 amide bonds. The van der Waals surface area contributed by atoms with Gasteiger partial charge in [0, 0.05) is 36.4 Å². The van der Waals surface area contributed by atoms with Gasteiger partial charge in [-0.15, -0.1) is 0 Å². The summed E-state index contributed by atoms with van der Waals surface area (Å²) in [6.07, 6.45) is -0.539. The van der Waals surface area contributed by atoms with E-state index in [9.17, 15) is 26.4 Å². The van der Waals surface area contributed by atoms with Crippen LogP contribution in [0.5, 0.6) is 0 Å². The van der Waals surface area contributed by atoms with Gasteiger partial charge in [-0.2, -0.15) is 13.2 Å². The molecule has 224 valence electrons. The Kier molecular flexibility index (Phi) is 8.93. The fourth-order valence-corrected chi connectivity index (χ4v) is 6.62. The molecule has 0 atom stereocenters. The monoisotopic (exact) mass is 603 g/mol. The molecule has 0 radical (unpaired) electrons. The normalized spacial score (nSPS) is 17.8. The number of halogens is 3. The van der Waals surface area contributed by atoms with Crippen LogP contribution in [-0.4, -0.2) is 73.4 Å². The number of aromatic nitrogens is 2. The van der Waals surface area contributed by atoms with Gasteiger partial charge in [0.25, 0.3) is 5.91 Å². The van der Waals surface area contributed by atoms with Crippen LogP contribution in [0, 0.1) is 11.8 Å². The third kappa shape index (κ3) is 7.74. The van der Waals surface area contributed by atoms with Gasteiger partial charge in [-0.1, -0.05) is 12.0 Å². The Hall–Kier alpha value is -3.76. The first-order valence-corrected chi connectivity index (χ1v) is 15.6. The number of fused-ring (bicyclic) bond motifs is 1. The van der Waals surface area contributed by atoms with E-state index in [4.69, 9.17) is 4.74 Å². The van der Waals surface area contributed by atoms with Gasteiger partial charge in [-0.05, 0) is 61.9 Å². The first-order valence-electron chi connectivity index (χ1n) is 13.8. The van der Waals surface area contributed by atoms with E-state index in [2.05, 4.69) is 32.8 Å². The Morgan fingerprint density at radius 3 is 2.52 bits per heavy atom. The van der Waals surface area contributed by atoms with Gasteiger partial charge in [0.1, 0.15) is 22.1 Å². The lowest BCUT2D eigenvalue weighted by atomic mass is 10.1. The molecule has 3 aromatic rings. The maximum absolute atomic E-state index is 13.5.